The highest BCUT2D eigenvalue weighted by molar-refractivity contribution is 5.76. The average molecular weight is 199 g/mol. The van der Waals surface area contributed by atoms with Crippen molar-refractivity contribution in [3.63, 3.8) is 0 Å². The van der Waals surface area contributed by atoms with E-state index in [1.807, 2.05) is 24.3 Å². The van der Waals surface area contributed by atoms with Gasteiger partial charge in [-0.15, -0.1) is 0 Å². The molecule has 2 heteroatoms. The summed E-state index contributed by atoms with van der Waals surface area (Å²) in [6, 6.07) is 14.0. The molecule has 2 rings (SSSR count). The van der Waals surface area contributed by atoms with Gasteiger partial charge in [-0.25, -0.2) is 4.39 Å². The highest BCUT2D eigenvalue weighted by atomic mass is 19.1. The molecule has 0 radical (unpaired) electrons. The second-order valence-corrected chi connectivity index (χ2v) is 3.18. The van der Waals surface area contributed by atoms with Crippen LogP contribution in [0.15, 0.2) is 53.5 Å². The molecule has 0 aliphatic carbocycles. The van der Waals surface area contributed by atoms with Crippen molar-refractivity contribution >= 4 is 12.4 Å². The molecule has 0 heterocycles. The Morgan fingerprint density at radius 1 is 0.933 bits per heavy atom. The Balaban J connectivity index is 2.53. The highest BCUT2D eigenvalue weighted by Crippen LogP contribution is 2.29. The minimum atomic E-state index is -0.234. The number of halogens is 1. The monoisotopic (exact) mass is 199 g/mol. The van der Waals surface area contributed by atoms with Crippen LogP contribution in [0.25, 0.3) is 11.1 Å². The molecule has 0 amide bonds. The number of hydrogen-bond donors (Lipinski definition) is 0. The van der Waals surface area contributed by atoms with E-state index in [0.717, 1.165) is 16.8 Å². The molecule has 0 aromatic heterocycles. The Morgan fingerprint density at radius 3 is 2.27 bits per heavy atom. The van der Waals surface area contributed by atoms with Crippen LogP contribution in [-0.4, -0.2) is 6.72 Å². The van der Waals surface area contributed by atoms with Crippen LogP contribution >= 0.6 is 0 Å². The van der Waals surface area contributed by atoms with Gasteiger partial charge in [-0.2, -0.15) is 0 Å². The summed E-state index contributed by atoms with van der Waals surface area (Å²) in [7, 11) is 0. The Kier molecular flexibility index (Phi) is 2.59. The van der Waals surface area contributed by atoms with Crippen molar-refractivity contribution in [2.24, 2.45) is 4.99 Å². The molecule has 2 aromatic rings. The maximum Gasteiger partial charge on any atom is 0.123 e. The maximum absolute atomic E-state index is 12.7. The van der Waals surface area contributed by atoms with Crippen LogP contribution < -0.4 is 0 Å². The summed E-state index contributed by atoms with van der Waals surface area (Å²) in [6.45, 7) is 3.51. The number of benzene rings is 2. The van der Waals surface area contributed by atoms with Gasteiger partial charge in [0.1, 0.15) is 5.82 Å². The van der Waals surface area contributed by atoms with E-state index >= 15 is 0 Å². The van der Waals surface area contributed by atoms with Crippen molar-refractivity contribution in [3.05, 3.63) is 54.3 Å². The lowest BCUT2D eigenvalue weighted by atomic mass is 10.0. The standard InChI is InChI=1S/C13H10FN/c1-15-13-5-3-2-4-12(13)10-6-8-11(14)9-7-10/h2-9H,1H2. The number of rotatable bonds is 2. The van der Waals surface area contributed by atoms with Crippen molar-refractivity contribution in [1.29, 1.82) is 0 Å². The molecule has 0 saturated heterocycles. The van der Waals surface area contributed by atoms with E-state index in [4.69, 9.17) is 0 Å². The molecule has 0 spiro atoms. The molecular formula is C13H10FN. The second-order valence-electron chi connectivity index (χ2n) is 3.18. The van der Waals surface area contributed by atoms with E-state index in [9.17, 15) is 4.39 Å². The fourth-order valence-corrected chi connectivity index (χ4v) is 1.49. The summed E-state index contributed by atoms with van der Waals surface area (Å²) < 4.78 is 12.7. The molecule has 74 valence electrons. The number of nitrogens with zero attached hydrogens (tertiary/aromatic N) is 1. The summed E-state index contributed by atoms with van der Waals surface area (Å²) in [5.41, 5.74) is 2.72. The second kappa shape index (κ2) is 4.05. The van der Waals surface area contributed by atoms with Crippen LogP contribution in [0.5, 0.6) is 0 Å². The lowest BCUT2D eigenvalue weighted by Crippen LogP contribution is -1.79. The quantitative estimate of drug-likeness (QED) is 0.652. The molecule has 0 atom stereocenters. The first-order valence-corrected chi connectivity index (χ1v) is 4.63. The maximum atomic E-state index is 12.7. The lowest BCUT2D eigenvalue weighted by molar-refractivity contribution is 0.628. The predicted octanol–water partition coefficient (Wildman–Crippen LogP) is 3.82. The summed E-state index contributed by atoms with van der Waals surface area (Å²) in [4.78, 5) is 3.93. The molecule has 0 aliphatic heterocycles. The zero-order valence-electron chi connectivity index (χ0n) is 8.15. The molecule has 0 saturated carbocycles. The zero-order chi connectivity index (χ0) is 10.7. The van der Waals surface area contributed by atoms with Gasteiger partial charge in [0.05, 0.1) is 5.69 Å². The SMILES string of the molecule is C=Nc1ccccc1-c1ccc(F)cc1. The fourth-order valence-electron chi connectivity index (χ4n) is 1.49. The Bertz CT molecular complexity index is 474. The summed E-state index contributed by atoms with van der Waals surface area (Å²) >= 11 is 0. The van der Waals surface area contributed by atoms with E-state index in [-0.39, 0.29) is 5.82 Å². The number of aliphatic imine (C=N–C) groups is 1. The molecule has 0 fully saturated rings. The largest absolute Gasteiger partial charge is 0.264 e. The van der Waals surface area contributed by atoms with Crippen LogP contribution in [0.1, 0.15) is 0 Å². The van der Waals surface area contributed by atoms with Crippen LogP contribution in [0.2, 0.25) is 0 Å². The van der Waals surface area contributed by atoms with Gasteiger partial charge >= 0.3 is 0 Å². The van der Waals surface area contributed by atoms with Gasteiger partial charge in [0.25, 0.3) is 0 Å². The average Bonchev–Trinajstić information content (AvgIpc) is 2.30. The van der Waals surface area contributed by atoms with E-state index < -0.39 is 0 Å². The minimum absolute atomic E-state index is 0.234. The topological polar surface area (TPSA) is 12.4 Å². The van der Waals surface area contributed by atoms with E-state index in [0.29, 0.717) is 0 Å². The first-order valence-electron chi connectivity index (χ1n) is 4.63. The van der Waals surface area contributed by atoms with Crippen molar-refractivity contribution < 1.29 is 4.39 Å². The van der Waals surface area contributed by atoms with Crippen molar-refractivity contribution in [2.75, 3.05) is 0 Å². The molecule has 0 aliphatic rings. The first kappa shape index (κ1) is 9.59. The Hall–Kier alpha value is -1.96. The third kappa shape index (κ3) is 1.94. The molecule has 1 nitrogen and oxygen atoms in total. The van der Waals surface area contributed by atoms with Gasteiger partial charge in [0.15, 0.2) is 0 Å². The normalized spacial score (nSPS) is 9.93. The molecule has 15 heavy (non-hydrogen) atoms. The molecular weight excluding hydrogens is 189 g/mol. The predicted molar refractivity (Wildman–Crippen MR) is 61.0 cm³/mol. The molecule has 0 bridgehead atoms. The summed E-state index contributed by atoms with van der Waals surface area (Å²) in [5, 5.41) is 0. The van der Waals surface area contributed by atoms with Crippen LogP contribution in [0.4, 0.5) is 10.1 Å². The zero-order valence-corrected chi connectivity index (χ0v) is 8.15. The van der Waals surface area contributed by atoms with Crippen LogP contribution in [-0.2, 0) is 0 Å². The van der Waals surface area contributed by atoms with E-state index in [2.05, 4.69) is 11.7 Å². The summed E-state index contributed by atoms with van der Waals surface area (Å²) in [6.07, 6.45) is 0. The lowest BCUT2D eigenvalue weighted by Gasteiger charge is -2.04. The van der Waals surface area contributed by atoms with Gasteiger partial charge in [0.2, 0.25) is 0 Å². The molecule has 0 unspecified atom stereocenters. The van der Waals surface area contributed by atoms with Gasteiger partial charge < -0.3 is 0 Å². The Morgan fingerprint density at radius 2 is 1.60 bits per heavy atom. The van der Waals surface area contributed by atoms with E-state index in [1.165, 1.54) is 12.1 Å². The number of hydrogen-bond acceptors (Lipinski definition) is 1. The van der Waals surface area contributed by atoms with E-state index in [1.54, 1.807) is 12.1 Å². The van der Waals surface area contributed by atoms with Gasteiger partial charge in [-0.05, 0) is 30.5 Å². The highest BCUT2D eigenvalue weighted by Gasteiger charge is 2.02. The third-order valence-corrected chi connectivity index (χ3v) is 2.23. The van der Waals surface area contributed by atoms with Gasteiger partial charge in [-0.1, -0.05) is 30.3 Å². The first-order chi connectivity index (χ1) is 7.31. The van der Waals surface area contributed by atoms with Crippen molar-refractivity contribution in [1.82, 2.24) is 0 Å². The number of para-hydroxylation sites is 1. The molecule has 0 N–H and O–H groups in total. The third-order valence-electron chi connectivity index (χ3n) is 2.23. The van der Waals surface area contributed by atoms with Gasteiger partial charge in [-0.3, -0.25) is 4.99 Å². The van der Waals surface area contributed by atoms with Crippen LogP contribution in [0, 0.1) is 5.82 Å². The Labute approximate surface area is 87.9 Å². The van der Waals surface area contributed by atoms with Crippen LogP contribution in [0.3, 0.4) is 0 Å². The minimum Gasteiger partial charge on any atom is -0.264 e. The van der Waals surface area contributed by atoms with Crippen molar-refractivity contribution in [2.45, 2.75) is 0 Å². The smallest absolute Gasteiger partial charge is 0.123 e. The fraction of sp³-hybridized carbons (Fsp3) is 0. The summed E-state index contributed by atoms with van der Waals surface area (Å²) in [5.74, 6) is -0.234. The van der Waals surface area contributed by atoms with Crippen molar-refractivity contribution in [3.8, 4) is 11.1 Å². The van der Waals surface area contributed by atoms with Gasteiger partial charge in [0, 0.05) is 5.56 Å². The molecule has 2 aromatic carbocycles.